The molecule has 3 aromatic rings. The highest BCUT2D eigenvalue weighted by Crippen LogP contribution is 2.25. The molecule has 1 aromatic heterocycles. The molecular formula is C18H19N3. The largest absolute Gasteiger partial charge is 0.271 e. The van der Waals surface area contributed by atoms with Crippen LogP contribution < -0.4 is 11.3 Å². The summed E-state index contributed by atoms with van der Waals surface area (Å²) in [5.74, 6) is 5.82. The van der Waals surface area contributed by atoms with Crippen molar-refractivity contribution in [2.24, 2.45) is 5.84 Å². The first kappa shape index (κ1) is 13.7. The minimum absolute atomic E-state index is 0.0460. The van der Waals surface area contributed by atoms with E-state index in [0.29, 0.717) is 0 Å². The Bertz CT molecular complexity index is 747. The molecule has 0 spiro atoms. The van der Waals surface area contributed by atoms with Crippen LogP contribution in [-0.4, -0.2) is 4.98 Å². The van der Waals surface area contributed by atoms with Crippen molar-refractivity contribution in [2.75, 3.05) is 0 Å². The van der Waals surface area contributed by atoms with Gasteiger partial charge in [0.25, 0.3) is 0 Å². The van der Waals surface area contributed by atoms with Crippen molar-refractivity contribution >= 4 is 10.9 Å². The van der Waals surface area contributed by atoms with E-state index in [2.05, 4.69) is 65.9 Å². The average molecular weight is 277 g/mol. The van der Waals surface area contributed by atoms with Gasteiger partial charge in [-0.05, 0) is 36.1 Å². The van der Waals surface area contributed by atoms with Gasteiger partial charge in [0.2, 0.25) is 0 Å². The van der Waals surface area contributed by atoms with Crippen LogP contribution in [0.5, 0.6) is 0 Å². The molecular weight excluding hydrogens is 258 g/mol. The number of nitrogens with zero attached hydrogens (tertiary/aromatic N) is 1. The fraction of sp³-hybridized carbons (Fsp3) is 0.167. The highest BCUT2D eigenvalue weighted by molar-refractivity contribution is 5.82. The van der Waals surface area contributed by atoms with E-state index < -0.39 is 0 Å². The summed E-state index contributed by atoms with van der Waals surface area (Å²) in [5.41, 5.74) is 7.68. The molecule has 1 atom stereocenters. The molecule has 0 amide bonds. The quantitative estimate of drug-likeness (QED) is 0.568. The van der Waals surface area contributed by atoms with Gasteiger partial charge < -0.3 is 0 Å². The highest BCUT2D eigenvalue weighted by Gasteiger charge is 2.15. The Morgan fingerprint density at radius 1 is 1.05 bits per heavy atom. The van der Waals surface area contributed by atoms with Crippen LogP contribution in [-0.2, 0) is 6.42 Å². The van der Waals surface area contributed by atoms with Crippen LogP contribution in [0, 0.1) is 6.92 Å². The van der Waals surface area contributed by atoms with Crippen molar-refractivity contribution in [1.29, 1.82) is 0 Å². The van der Waals surface area contributed by atoms with E-state index in [1.807, 2.05) is 12.3 Å². The maximum atomic E-state index is 5.82. The second-order valence-corrected chi connectivity index (χ2v) is 5.27. The lowest BCUT2D eigenvalue weighted by molar-refractivity contribution is 0.553. The summed E-state index contributed by atoms with van der Waals surface area (Å²) in [6, 6.07) is 18.7. The molecule has 0 fully saturated rings. The van der Waals surface area contributed by atoms with Gasteiger partial charge in [0.05, 0.1) is 11.6 Å². The van der Waals surface area contributed by atoms with Crippen molar-refractivity contribution in [1.82, 2.24) is 10.4 Å². The minimum atomic E-state index is 0.0460. The normalized spacial score (nSPS) is 12.5. The Hall–Kier alpha value is -2.23. The van der Waals surface area contributed by atoms with Gasteiger partial charge >= 0.3 is 0 Å². The summed E-state index contributed by atoms with van der Waals surface area (Å²) in [6.45, 7) is 2.13. The smallest absolute Gasteiger partial charge is 0.0750 e. The number of fused-ring (bicyclic) bond motifs is 1. The van der Waals surface area contributed by atoms with Crippen molar-refractivity contribution in [3.63, 3.8) is 0 Å². The molecule has 0 bridgehead atoms. The van der Waals surface area contributed by atoms with Crippen LogP contribution in [0.25, 0.3) is 10.9 Å². The fourth-order valence-corrected chi connectivity index (χ4v) is 2.73. The molecule has 2 aromatic carbocycles. The summed E-state index contributed by atoms with van der Waals surface area (Å²) >= 11 is 0. The Balaban J connectivity index is 2.01. The Kier molecular flexibility index (Phi) is 3.95. The summed E-state index contributed by atoms with van der Waals surface area (Å²) < 4.78 is 0. The highest BCUT2D eigenvalue weighted by atomic mass is 15.2. The van der Waals surface area contributed by atoms with Gasteiger partial charge in [-0.2, -0.15) is 0 Å². The Morgan fingerprint density at radius 3 is 2.67 bits per heavy atom. The molecule has 0 saturated heterocycles. The van der Waals surface area contributed by atoms with Gasteiger partial charge in [-0.3, -0.25) is 16.3 Å². The van der Waals surface area contributed by atoms with Crippen molar-refractivity contribution in [3.05, 3.63) is 77.5 Å². The molecule has 3 rings (SSSR count). The minimum Gasteiger partial charge on any atom is -0.271 e. The molecule has 1 unspecified atom stereocenters. The summed E-state index contributed by atoms with van der Waals surface area (Å²) in [4.78, 5) is 4.52. The Morgan fingerprint density at radius 2 is 1.86 bits per heavy atom. The molecule has 0 saturated carbocycles. The fourth-order valence-electron chi connectivity index (χ4n) is 2.73. The lowest BCUT2D eigenvalue weighted by Gasteiger charge is -2.19. The van der Waals surface area contributed by atoms with Crippen LogP contribution in [0.4, 0.5) is 0 Å². The first-order valence-electron chi connectivity index (χ1n) is 7.14. The molecule has 21 heavy (non-hydrogen) atoms. The van der Waals surface area contributed by atoms with E-state index in [-0.39, 0.29) is 6.04 Å². The molecule has 0 aliphatic heterocycles. The number of hydrogen-bond acceptors (Lipinski definition) is 3. The zero-order chi connectivity index (χ0) is 14.7. The van der Waals surface area contributed by atoms with Gasteiger partial charge in [0, 0.05) is 11.6 Å². The summed E-state index contributed by atoms with van der Waals surface area (Å²) in [7, 11) is 0. The number of nitrogens with one attached hydrogen (secondary N) is 1. The summed E-state index contributed by atoms with van der Waals surface area (Å²) in [6.07, 6.45) is 2.67. The third-order valence-electron chi connectivity index (χ3n) is 3.93. The van der Waals surface area contributed by atoms with E-state index in [4.69, 9.17) is 5.84 Å². The molecule has 106 valence electrons. The number of hydrazine groups is 1. The molecule has 0 aliphatic carbocycles. The molecule has 3 N–H and O–H groups in total. The maximum Gasteiger partial charge on any atom is 0.0750 e. The number of rotatable bonds is 4. The van der Waals surface area contributed by atoms with Gasteiger partial charge in [-0.1, -0.05) is 48.5 Å². The number of benzene rings is 2. The lowest BCUT2D eigenvalue weighted by atomic mass is 9.95. The molecule has 1 heterocycles. The molecule has 0 aliphatic rings. The number of hydrogen-bond donors (Lipinski definition) is 2. The Labute approximate surface area is 124 Å². The predicted molar refractivity (Wildman–Crippen MR) is 86.7 cm³/mol. The lowest BCUT2D eigenvalue weighted by Crippen LogP contribution is -2.30. The van der Waals surface area contributed by atoms with Crippen molar-refractivity contribution < 1.29 is 0 Å². The van der Waals surface area contributed by atoms with Crippen molar-refractivity contribution in [2.45, 2.75) is 19.4 Å². The first-order valence-corrected chi connectivity index (χ1v) is 7.14. The number of nitrogens with two attached hydrogens (primary N) is 1. The third-order valence-corrected chi connectivity index (χ3v) is 3.93. The van der Waals surface area contributed by atoms with Crippen molar-refractivity contribution in [3.8, 4) is 0 Å². The van der Waals surface area contributed by atoms with Crippen LogP contribution in [0.15, 0.2) is 60.8 Å². The van der Waals surface area contributed by atoms with E-state index in [1.165, 1.54) is 11.1 Å². The standard InChI is InChI=1S/C18H19N3/c1-13-6-2-3-7-15(13)12-17(21-19)16-10-4-8-14-9-5-11-20-18(14)16/h2-11,17,21H,12,19H2,1H3. The number of pyridine rings is 1. The van der Waals surface area contributed by atoms with E-state index in [9.17, 15) is 0 Å². The van der Waals surface area contributed by atoms with E-state index in [1.54, 1.807) is 0 Å². The van der Waals surface area contributed by atoms with Crippen LogP contribution in [0.3, 0.4) is 0 Å². The number of para-hydroxylation sites is 1. The second-order valence-electron chi connectivity index (χ2n) is 5.27. The van der Waals surface area contributed by atoms with E-state index >= 15 is 0 Å². The maximum absolute atomic E-state index is 5.82. The zero-order valence-electron chi connectivity index (χ0n) is 12.1. The molecule has 0 radical (unpaired) electrons. The van der Waals surface area contributed by atoms with E-state index in [0.717, 1.165) is 22.9 Å². The van der Waals surface area contributed by atoms with Crippen LogP contribution in [0.2, 0.25) is 0 Å². The van der Waals surface area contributed by atoms with Gasteiger partial charge in [0.1, 0.15) is 0 Å². The molecule has 3 nitrogen and oxygen atoms in total. The second kappa shape index (κ2) is 6.04. The molecule has 3 heteroatoms. The SMILES string of the molecule is Cc1ccccc1CC(NN)c1cccc2cccnc12. The van der Waals surface area contributed by atoms with Crippen LogP contribution in [0.1, 0.15) is 22.7 Å². The third kappa shape index (κ3) is 2.79. The van der Waals surface area contributed by atoms with Gasteiger partial charge in [0.15, 0.2) is 0 Å². The summed E-state index contributed by atoms with van der Waals surface area (Å²) in [5, 5.41) is 1.14. The average Bonchev–Trinajstić information content (AvgIpc) is 2.54. The number of aromatic nitrogens is 1. The van der Waals surface area contributed by atoms with Gasteiger partial charge in [-0.15, -0.1) is 0 Å². The van der Waals surface area contributed by atoms with Crippen LogP contribution >= 0.6 is 0 Å². The monoisotopic (exact) mass is 277 g/mol. The van der Waals surface area contributed by atoms with Gasteiger partial charge in [-0.25, -0.2) is 0 Å². The predicted octanol–water partition coefficient (Wildman–Crippen LogP) is 3.29. The topological polar surface area (TPSA) is 50.9 Å². The zero-order valence-corrected chi connectivity index (χ0v) is 12.1. The number of aryl methyl sites for hydroxylation is 1. The first-order chi connectivity index (χ1) is 10.3.